The van der Waals surface area contributed by atoms with Gasteiger partial charge in [-0.05, 0) is 45.4 Å². The van der Waals surface area contributed by atoms with E-state index in [2.05, 4.69) is 29.8 Å². The van der Waals surface area contributed by atoms with E-state index in [1.165, 1.54) is 11.3 Å². The molecule has 1 aromatic carbocycles. The Bertz CT molecular complexity index is 589. The van der Waals surface area contributed by atoms with Crippen molar-refractivity contribution in [2.45, 2.75) is 13.8 Å². The van der Waals surface area contributed by atoms with Crippen LogP contribution in [0.5, 0.6) is 5.75 Å². The number of aromatic carboxylic acids is 1. The van der Waals surface area contributed by atoms with E-state index in [1.807, 2.05) is 12.1 Å². The third-order valence-electron chi connectivity index (χ3n) is 2.34. The van der Waals surface area contributed by atoms with Crippen LogP contribution in [0.1, 0.15) is 23.5 Å². The second kappa shape index (κ2) is 5.28. The van der Waals surface area contributed by atoms with E-state index < -0.39 is 5.97 Å². The molecule has 96 valence electrons. The first kappa shape index (κ1) is 13.4. The van der Waals surface area contributed by atoms with Crippen LogP contribution in [-0.2, 0) is 0 Å². The number of carboxylic acids is 1. The van der Waals surface area contributed by atoms with Crippen LogP contribution >= 0.6 is 27.3 Å². The van der Waals surface area contributed by atoms with Crippen LogP contribution in [0.3, 0.4) is 0 Å². The van der Waals surface area contributed by atoms with Gasteiger partial charge in [-0.3, -0.25) is 0 Å². The van der Waals surface area contributed by atoms with Gasteiger partial charge in [0.05, 0.1) is 6.61 Å². The molecule has 2 aromatic rings. The first-order valence-electron chi connectivity index (χ1n) is 5.56. The van der Waals surface area contributed by atoms with E-state index in [4.69, 9.17) is 9.84 Å². The monoisotopic (exact) mass is 328 g/mol. The average molecular weight is 329 g/mol. The Hall–Kier alpha value is -1.07. The smallest absolute Gasteiger partial charge is 0.345 e. The summed E-state index contributed by atoms with van der Waals surface area (Å²) in [6.45, 7) is 4.81. The molecule has 0 amide bonds. The van der Waals surface area contributed by atoms with Crippen molar-refractivity contribution in [1.82, 2.24) is 0 Å². The Labute approximate surface area is 118 Å². The average Bonchev–Trinajstić information content (AvgIpc) is 2.71. The number of hydrogen-bond acceptors (Lipinski definition) is 3. The van der Waals surface area contributed by atoms with Crippen molar-refractivity contribution < 1.29 is 14.6 Å². The minimum Gasteiger partial charge on any atom is -0.493 e. The topological polar surface area (TPSA) is 46.5 Å². The van der Waals surface area contributed by atoms with Crippen molar-refractivity contribution in [1.29, 1.82) is 0 Å². The molecule has 0 radical (unpaired) electrons. The number of benzene rings is 1. The summed E-state index contributed by atoms with van der Waals surface area (Å²) in [4.78, 5) is 11.3. The summed E-state index contributed by atoms with van der Waals surface area (Å²) in [7, 11) is 0. The SMILES string of the molecule is CC(C)COc1cc(Br)c2sc(C(=O)O)cc2c1. The van der Waals surface area contributed by atoms with Crippen LogP contribution < -0.4 is 4.74 Å². The molecule has 0 aliphatic heterocycles. The second-order valence-corrected chi connectivity index (χ2v) is 6.35. The quantitative estimate of drug-likeness (QED) is 0.904. The number of fused-ring (bicyclic) bond motifs is 1. The van der Waals surface area contributed by atoms with Crippen LogP contribution in [0.2, 0.25) is 0 Å². The highest BCUT2D eigenvalue weighted by Gasteiger charge is 2.12. The molecule has 0 saturated carbocycles. The molecule has 1 aromatic heterocycles. The normalized spacial score (nSPS) is 11.1. The molecule has 0 aliphatic carbocycles. The zero-order valence-corrected chi connectivity index (χ0v) is 12.5. The number of thiophene rings is 1. The predicted molar refractivity (Wildman–Crippen MR) is 76.8 cm³/mol. The van der Waals surface area contributed by atoms with Gasteiger partial charge in [-0.2, -0.15) is 0 Å². The van der Waals surface area contributed by atoms with Crippen molar-refractivity contribution >= 4 is 43.3 Å². The Morgan fingerprint density at radius 2 is 2.17 bits per heavy atom. The van der Waals surface area contributed by atoms with Gasteiger partial charge in [-0.1, -0.05) is 13.8 Å². The molecule has 1 heterocycles. The minimum absolute atomic E-state index is 0.340. The summed E-state index contributed by atoms with van der Waals surface area (Å²) in [6, 6.07) is 5.44. The van der Waals surface area contributed by atoms with E-state index >= 15 is 0 Å². The predicted octanol–water partition coefficient (Wildman–Crippen LogP) is 4.40. The minimum atomic E-state index is -0.896. The molecule has 0 atom stereocenters. The number of carbonyl (C=O) groups is 1. The summed E-state index contributed by atoms with van der Waals surface area (Å²) in [5.74, 6) is 0.321. The fraction of sp³-hybridized carbons (Fsp3) is 0.308. The standard InChI is InChI=1S/C13H13BrO3S/c1-7(2)6-17-9-3-8-4-11(13(15)16)18-12(8)10(14)5-9/h3-5,7H,6H2,1-2H3,(H,15,16). The lowest BCUT2D eigenvalue weighted by molar-refractivity contribution is 0.0702. The van der Waals surface area contributed by atoms with Gasteiger partial charge in [0.25, 0.3) is 0 Å². The molecule has 0 aliphatic rings. The Morgan fingerprint density at radius 3 is 2.78 bits per heavy atom. The number of ether oxygens (including phenoxy) is 1. The fourth-order valence-corrected chi connectivity index (χ4v) is 3.12. The van der Waals surface area contributed by atoms with Gasteiger partial charge in [0.2, 0.25) is 0 Å². The van der Waals surface area contributed by atoms with Gasteiger partial charge in [0, 0.05) is 9.17 Å². The number of hydrogen-bond donors (Lipinski definition) is 1. The Morgan fingerprint density at radius 1 is 1.44 bits per heavy atom. The van der Waals surface area contributed by atoms with E-state index in [1.54, 1.807) is 6.07 Å². The van der Waals surface area contributed by atoms with Crippen molar-refractivity contribution in [3.63, 3.8) is 0 Å². The van der Waals surface area contributed by atoms with Gasteiger partial charge >= 0.3 is 5.97 Å². The third-order valence-corrected chi connectivity index (χ3v) is 4.40. The molecule has 0 saturated heterocycles. The van der Waals surface area contributed by atoms with E-state index in [-0.39, 0.29) is 0 Å². The number of halogens is 1. The maximum absolute atomic E-state index is 10.9. The molecule has 5 heteroatoms. The highest BCUT2D eigenvalue weighted by molar-refractivity contribution is 9.10. The summed E-state index contributed by atoms with van der Waals surface area (Å²) in [5.41, 5.74) is 0. The van der Waals surface area contributed by atoms with E-state index in [0.29, 0.717) is 17.4 Å². The highest BCUT2D eigenvalue weighted by atomic mass is 79.9. The molecular weight excluding hydrogens is 316 g/mol. The molecule has 0 fully saturated rings. The van der Waals surface area contributed by atoms with Crippen molar-refractivity contribution in [3.8, 4) is 5.75 Å². The van der Waals surface area contributed by atoms with E-state index in [0.717, 1.165) is 20.3 Å². The second-order valence-electron chi connectivity index (χ2n) is 4.44. The first-order valence-corrected chi connectivity index (χ1v) is 7.17. The lowest BCUT2D eigenvalue weighted by atomic mass is 10.2. The highest BCUT2D eigenvalue weighted by Crippen LogP contribution is 2.35. The molecule has 2 rings (SSSR count). The van der Waals surface area contributed by atoms with Crippen LogP contribution in [-0.4, -0.2) is 17.7 Å². The number of rotatable bonds is 4. The van der Waals surface area contributed by atoms with E-state index in [9.17, 15) is 4.79 Å². The van der Waals surface area contributed by atoms with Gasteiger partial charge in [-0.25, -0.2) is 4.79 Å². The van der Waals surface area contributed by atoms with Crippen molar-refractivity contribution in [2.24, 2.45) is 5.92 Å². The summed E-state index contributed by atoms with van der Waals surface area (Å²) in [6.07, 6.45) is 0. The lowest BCUT2D eigenvalue weighted by Gasteiger charge is -2.09. The van der Waals surface area contributed by atoms with Gasteiger partial charge in [0.1, 0.15) is 10.6 Å². The zero-order chi connectivity index (χ0) is 13.3. The Kier molecular flexibility index (Phi) is 3.92. The molecule has 0 bridgehead atoms. The van der Waals surface area contributed by atoms with Gasteiger partial charge in [-0.15, -0.1) is 11.3 Å². The molecule has 0 unspecified atom stereocenters. The van der Waals surface area contributed by atoms with Crippen LogP contribution in [0.4, 0.5) is 0 Å². The van der Waals surface area contributed by atoms with Gasteiger partial charge < -0.3 is 9.84 Å². The molecule has 3 nitrogen and oxygen atoms in total. The fourth-order valence-electron chi connectivity index (χ4n) is 1.54. The van der Waals surface area contributed by atoms with Crippen LogP contribution in [0.25, 0.3) is 10.1 Å². The third kappa shape index (κ3) is 2.84. The maximum atomic E-state index is 10.9. The summed E-state index contributed by atoms with van der Waals surface area (Å²) >= 11 is 4.72. The molecule has 18 heavy (non-hydrogen) atoms. The van der Waals surface area contributed by atoms with Gasteiger partial charge in [0.15, 0.2) is 0 Å². The lowest BCUT2D eigenvalue weighted by Crippen LogP contribution is -2.04. The summed E-state index contributed by atoms with van der Waals surface area (Å²) in [5, 5.41) is 9.88. The summed E-state index contributed by atoms with van der Waals surface area (Å²) < 4.78 is 7.46. The number of carboxylic acid groups (broad SMARTS) is 1. The van der Waals surface area contributed by atoms with Crippen molar-refractivity contribution in [2.75, 3.05) is 6.61 Å². The molecule has 0 spiro atoms. The zero-order valence-electron chi connectivity index (χ0n) is 10.1. The molecule has 1 N–H and O–H groups in total. The van der Waals surface area contributed by atoms with Crippen LogP contribution in [0.15, 0.2) is 22.7 Å². The maximum Gasteiger partial charge on any atom is 0.345 e. The molecular formula is C13H13BrO3S. The largest absolute Gasteiger partial charge is 0.493 e. The first-order chi connectivity index (χ1) is 8.47. The van der Waals surface area contributed by atoms with Crippen LogP contribution in [0, 0.1) is 5.92 Å². The van der Waals surface area contributed by atoms with Crippen molar-refractivity contribution in [3.05, 3.63) is 27.5 Å². The Balaban J connectivity index is 2.38.